The van der Waals surface area contributed by atoms with Gasteiger partial charge in [-0.2, -0.15) is 13.2 Å². The molecule has 1 unspecified atom stereocenters. The van der Waals surface area contributed by atoms with Crippen LogP contribution >= 0.6 is 11.8 Å². The second kappa shape index (κ2) is 9.35. The average Bonchev–Trinajstić information content (AvgIpc) is 3.13. The number of carbonyl (C=O) groups excluding carboxylic acids is 1. The summed E-state index contributed by atoms with van der Waals surface area (Å²) < 4.78 is 51.5. The van der Waals surface area contributed by atoms with Gasteiger partial charge in [-0.25, -0.2) is 9.18 Å². The van der Waals surface area contributed by atoms with Crippen LogP contribution in [0.5, 0.6) is 5.75 Å². The molecule has 1 N–H and O–H groups in total. The van der Waals surface area contributed by atoms with Gasteiger partial charge in [0.15, 0.2) is 0 Å². The van der Waals surface area contributed by atoms with Gasteiger partial charge in [-0.05, 0) is 36.8 Å². The van der Waals surface area contributed by atoms with Gasteiger partial charge in [-0.15, -0.1) is 11.8 Å². The summed E-state index contributed by atoms with van der Waals surface area (Å²) in [5.74, 6) is -1.49. The first-order valence-corrected chi connectivity index (χ1v) is 10.5. The van der Waals surface area contributed by atoms with E-state index in [-0.39, 0.29) is 22.6 Å². The molecule has 3 heterocycles. The number of hydrogen-bond acceptors (Lipinski definition) is 5. The van der Waals surface area contributed by atoms with Crippen molar-refractivity contribution in [3.8, 4) is 5.75 Å². The van der Waals surface area contributed by atoms with E-state index >= 15 is 0 Å². The van der Waals surface area contributed by atoms with Crippen LogP contribution < -0.4 is 4.74 Å². The lowest BCUT2D eigenvalue weighted by atomic mass is 9.92. The number of benzene rings is 1. The topological polar surface area (TPSA) is 79.7 Å². The van der Waals surface area contributed by atoms with Gasteiger partial charge in [-0.3, -0.25) is 9.78 Å². The molecule has 2 aliphatic rings. The molecule has 172 valence electrons. The Balaban J connectivity index is 0.000000360. The Kier molecular flexibility index (Phi) is 6.97. The Morgan fingerprint density at radius 3 is 2.53 bits per heavy atom. The molecule has 0 radical (unpaired) electrons. The quantitative estimate of drug-likeness (QED) is 0.682. The Morgan fingerprint density at radius 2 is 1.97 bits per heavy atom. The zero-order chi connectivity index (χ0) is 23.5. The van der Waals surface area contributed by atoms with E-state index in [1.807, 2.05) is 23.9 Å². The third-order valence-electron chi connectivity index (χ3n) is 5.02. The van der Waals surface area contributed by atoms with Crippen LogP contribution in [0.2, 0.25) is 0 Å². The molecule has 1 aromatic carbocycles. The Hall–Kier alpha value is -2.82. The van der Waals surface area contributed by atoms with E-state index in [9.17, 15) is 22.4 Å². The van der Waals surface area contributed by atoms with E-state index in [1.54, 1.807) is 36.4 Å². The molecule has 0 aliphatic carbocycles. The van der Waals surface area contributed by atoms with E-state index < -0.39 is 12.1 Å². The summed E-state index contributed by atoms with van der Waals surface area (Å²) >= 11 is 1.87. The lowest BCUT2D eigenvalue weighted by molar-refractivity contribution is -0.192. The molecule has 32 heavy (non-hydrogen) atoms. The van der Waals surface area contributed by atoms with E-state index in [1.165, 1.54) is 6.07 Å². The lowest BCUT2D eigenvalue weighted by Crippen LogP contribution is -2.60. The molecule has 0 saturated carbocycles. The van der Waals surface area contributed by atoms with Crippen molar-refractivity contribution in [3.63, 3.8) is 0 Å². The van der Waals surface area contributed by atoms with Gasteiger partial charge in [0.05, 0.1) is 10.9 Å². The number of rotatable bonds is 3. The van der Waals surface area contributed by atoms with E-state index in [0.29, 0.717) is 24.2 Å². The normalized spacial score (nSPS) is 19.0. The summed E-state index contributed by atoms with van der Waals surface area (Å²) in [4.78, 5) is 27.3. The smallest absolute Gasteiger partial charge is 0.488 e. The van der Waals surface area contributed by atoms with Crippen LogP contribution in [-0.4, -0.2) is 62.7 Å². The third kappa shape index (κ3) is 5.70. The summed E-state index contributed by atoms with van der Waals surface area (Å²) in [6, 6.07) is 8.45. The number of aryl methyl sites for hydroxylation is 1. The number of carbonyl (C=O) groups is 2. The number of aromatic nitrogens is 1. The van der Waals surface area contributed by atoms with Gasteiger partial charge in [0.1, 0.15) is 17.7 Å². The minimum absolute atomic E-state index is 0.0752. The molecule has 1 amide bonds. The van der Waals surface area contributed by atoms with Gasteiger partial charge < -0.3 is 14.7 Å². The second-order valence-corrected chi connectivity index (χ2v) is 9.04. The number of amides is 1. The summed E-state index contributed by atoms with van der Waals surface area (Å²) in [5.41, 5.74) is 0.975. The molecule has 6 nitrogen and oxygen atoms in total. The molecule has 2 aromatic rings. The fourth-order valence-corrected chi connectivity index (χ4v) is 4.93. The number of aliphatic carboxylic acids is 1. The molecular formula is C21H20F4N2O4S. The Labute approximate surface area is 185 Å². The number of likely N-dealkylation sites (tertiary alicyclic amines) is 1. The molecule has 1 aromatic heterocycles. The largest absolute Gasteiger partial charge is 0.490 e. The number of carboxylic acids is 1. The summed E-state index contributed by atoms with van der Waals surface area (Å²) in [6.07, 6.45) is -0.582. The highest BCUT2D eigenvalue weighted by atomic mass is 32.2. The standard InChI is InChI=1S/C19H19FN2O2S.C2HF3O2/c1-13-4-5-14(7-17(13)20)18(23)22-11-19(12-22)8-16(10-25-19)24-15-3-2-6-21-9-15;3-2(4,5)1(6)7/h2-7,9,16H,8,10-12H2,1H3;(H,6,7). The zero-order valence-corrected chi connectivity index (χ0v) is 17.8. The summed E-state index contributed by atoms with van der Waals surface area (Å²) in [6.45, 7) is 3.08. The van der Waals surface area contributed by atoms with Gasteiger partial charge in [0.25, 0.3) is 5.91 Å². The molecule has 11 heteroatoms. The number of nitrogens with zero attached hydrogens (tertiary/aromatic N) is 2. The maximum atomic E-state index is 13.7. The number of alkyl halides is 3. The molecular weight excluding hydrogens is 452 g/mol. The highest BCUT2D eigenvalue weighted by Gasteiger charge is 2.51. The Morgan fingerprint density at radius 1 is 1.28 bits per heavy atom. The highest BCUT2D eigenvalue weighted by Crippen LogP contribution is 2.46. The fourth-order valence-electron chi connectivity index (χ4n) is 3.41. The Bertz CT molecular complexity index is 982. The van der Waals surface area contributed by atoms with Gasteiger partial charge in [0, 0.05) is 37.0 Å². The minimum atomic E-state index is -5.08. The van der Waals surface area contributed by atoms with E-state index in [4.69, 9.17) is 14.6 Å². The van der Waals surface area contributed by atoms with E-state index in [2.05, 4.69) is 4.98 Å². The van der Waals surface area contributed by atoms with Crippen molar-refractivity contribution >= 4 is 23.6 Å². The minimum Gasteiger partial charge on any atom is -0.488 e. The molecule has 2 fully saturated rings. The van der Waals surface area contributed by atoms with Gasteiger partial charge in [-0.1, -0.05) is 6.07 Å². The zero-order valence-electron chi connectivity index (χ0n) is 16.9. The van der Waals surface area contributed by atoms with Crippen LogP contribution in [0.15, 0.2) is 42.7 Å². The number of pyridine rings is 1. The molecule has 0 bridgehead atoms. The van der Waals surface area contributed by atoms with Crippen molar-refractivity contribution in [2.45, 2.75) is 30.4 Å². The van der Waals surface area contributed by atoms with Crippen molar-refractivity contribution in [1.29, 1.82) is 0 Å². The van der Waals surface area contributed by atoms with Crippen molar-refractivity contribution in [1.82, 2.24) is 9.88 Å². The first-order chi connectivity index (χ1) is 15.0. The molecule has 1 spiro atoms. The fraction of sp³-hybridized carbons (Fsp3) is 0.381. The van der Waals surface area contributed by atoms with Gasteiger partial charge in [0.2, 0.25) is 0 Å². The van der Waals surface area contributed by atoms with Crippen molar-refractivity contribution < 1.29 is 37.0 Å². The molecule has 1 atom stereocenters. The number of thioether (sulfide) groups is 1. The SMILES string of the molecule is Cc1ccc(C(=O)N2CC3(CC(Oc4cccnc4)CS3)C2)cc1F.O=C(O)C(F)(F)F. The third-order valence-corrected chi connectivity index (χ3v) is 6.59. The monoisotopic (exact) mass is 472 g/mol. The van der Waals surface area contributed by atoms with Crippen LogP contribution in [0, 0.1) is 12.7 Å². The second-order valence-electron chi connectivity index (χ2n) is 7.55. The summed E-state index contributed by atoms with van der Waals surface area (Å²) in [5, 5.41) is 7.12. The van der Waals surface area contributed by atoms with Crippen LogP contribution in [-0.2, 0) is 4.79 Å². The first-order valence-electron chi connectivity index (χ1n) is 9.55. The van der Waals surface area contributed by atoms with Gasteiger partial charge >= 0.3 is 12.1 Å². The van der Waals surface area contributed by atoms with Crippen molar-refractivity contribution in [2.24, 2.45) is 0 Å². The van der Waals surface area contributed by atoms with Crippen molar-refractivity contribution in [2.75, 3.05) is 18.8 Å². The first kappa shape index (κ1) is 23.8. The van der Waals surface area contributed by atoms with Crippen molar-refractivity contribution in [3.05, 3.63) is 59.7 Å². The number of carboxylic acid groups (broad SMARTS) is 1. The number of hydrogen-bond donors (Lipinski definition) is 1. The molecule has 4 rings (SSSR count). The average molecular weight is 472 g/mol. The molecule has 2 aliphatic heterocycles. The number of ether oxygens (including phenoxy) is 1. The number of halogens is 4. The van der Waals surface area contributed by atoms with Crippen LogP contribution in [0.4, 0.5) is 17.6 Å². The maximum Gasteiger partial charge on any atom is 0.490 e. The highest BCUT2D eigenvalue weighted by molar-refractivity contribution is 8.01. The lowest BCUT2D eigenvalue weighted by Gasteiger charge is -2.47. The predicted molar refractivity (Wildman–Crippen MR) is 109 cm³/mol. The van der Waals surface area contributed by atoms with Crippen LogP contribution in [0.1, 0.15) is 22.3 Å². The van der Waals surface area contributed by atoms with E-state index in [0.717, 1.165) is 17.9 Å². The van der Waals surface area contributed by atoms with Crippen LogP contribution in [0.25, 0.3) is 0 Å². The maximum absolute atomic E-state index is 13.7. The summed E-state index contributed by atoms with van der Waals surface area (Å²) in [7, 11) is 0. The predicted octanol–water partition coefficient (Wildman–Crippen LogP) is 3.94. The molecule has 2 saturated heterocycles. The van der Waals surface area contributed by atoms with Crippen LogP contribution in [0.3, 0.4) is 0 Å².